The molecule has 1 atom stereocenters. The molecule has 0 radical (unpaired) electrons. The van der Waals surface area contributed by atoms with Gasteiger partial charge in [0.1, 0.15) is 5.82 Å². The monoisotopic (exact) mass is 408 g/mol. The molecule has 7 heteroatoms. The molecule has 0 bridgehead atoms. The standard InChI is InChI=1S/C21H29FN4O.ClH/c1-26(21(27)17-8-6-11-23-15-17)12-4-2-3-10-19-14-20(25-24-19)16-7-5-9-18(22)13-16;/h5,7,9,13-14,17,23H,2-4,6,8,10-12,15H2,1H3,(H,24,25);1H. The number of aromatic nitrogens is 2. The molecule has 1 aromatic carbocycles. The fraction of sp³-hybridized carbons (Fsp3) is 0.524. The lowest BCUT2D eigenvalue weighted by molar-refractivity contribution is -0.134. The molecule has 1 aliphatic heterocycles. The van der Waals surface area contributed by atoms with Gasteiger partial charge in [0.15, 0.2) is 0 Å². The molecule has 1 fully saturated rings. The molecule has 1 amide bonds. The van der Waals surface area contributed by atoms with Crippen molar-refractivity contribution in [3.05, 3.63) is 41.8 Å². The van der Waals surface area contributed by atoms with Gasteiger partial charge in [0.2, 0.25) is 5.91 Å². The molecule has 5 nitrogen and oxygen atoms in total. The Balaban J connectivity index is 0.00000280. The van der Waals surface area contributed by atoms with Crippen molar-refractivity contribution in [1.82, 2.24) is 20.4 Å². The summed E-state index contributed by atoms with van der Waals surface area (Å²) in [5, 5.41) is 10.6. The number of carbonyl (C=O) groups is 1. The van der Waals surface area contributed by atoms with Crippen LogP contribution in [0.4, 0.5) is 4.39 Å². The Morgan fingerprint density at radius 2 is 2.14 bits per heavy atom. The number of hydrogen-bond donors (Lipinski definition) is 2. The zero-order valence-electron chi connectivity index (χ0n) is 16.4. The summed E-state index contributed by atoms with van der Waals surface area (Å²) in [6, 6.07) is 8.47. The van der Waals surface area contributed by atoms with Crippen molar-refractivity contribution in [3.8, 4) is 11.3 Å². The van der Waals surface area contributed by atoms with E-state index in [0.29, 0.717) is 0 Å². The van der Waals surface area contributed by atoms with Gasteiger partial charge >= 0.3 is 0 Å². The third kappa shape index (κ3) is 6.31. The van der Waals surface area contributed by atoms with Crippen LogP contribution in [0.25, 0.3) is 11.3 Å². The van der Waals surface area contributed by atoms with Gasteiger partial charge in [0, 0.05) is 31.4 Å². The first-order valence-corrected chi connectivity index (χ1v) is 9.89. The van der Waals surface area contributed by atoms with E-state index in [2.05, 4.69) is 15.5 Å². The number of hydrogen-bond acceptors (Lipinski definition) is 3. The second-order valence-corrected chi connectivity index (χ2v) is 7.40. The van der Waals surface area contributed by atoms with Gasteiger partial charge in [-0.15, -0.1) is 12.4 Å². The molecule has 28 heavy (non-hydrogen) atoms. The van der Waals surface area contributed by atoms with E-state index in [1.165, 1.54) is 12.1 Å². The normalized spacial score (nSPS) is 16.4. The molecule has 0 aliphatic carbocycles. The highest BCUT2D eigenvalue weighted by molar-refractivity contribution is 5.85. The van der Waals surface area contributed by atoms with E-state index < -0.39 is 0 Å². The van der Waals surface area contributed by atoms with Crippen molar-refractivity contribution in [2.45, 2.75) is 38.5 Å². The van der Waals surface area contributed by atoms with Crippen LogP contribution in [0.5, 0.6) is 0 Å². The highest BCUT2D eigenvalue weighted by atomic mass is 35.5. The van der Waals surface area contributed by atoms with E-state index in [-0.39, 0.29) is 30.0 Å². The smallest absolute Gasteiger partial charge is 0.226 e. The number of nitrogens with one attached hydrogen (secondary N) is 2. The van der Waals surface area contributed by atoms with Gasteiger partial charge in [0.25, 0.3) is 0 Å². The summed E-state index contributed by atoms with van der Waals surface area (Å²) in [5.41, 5.74) is 2.62. The number of nitrogens with zero attached hydrogens (tertiary/aromatic N) is 2. The summed E-state index contributed by atoms with van der Waals surface area (Å²) in [7, 11) is 1.91. The van der Waals surface area contributed by atoms with E-state index >= 15 is 0 Å². The SMILES string of the molecule is CN(CCCCCc1cc(-c2cccc(F)c2)n[nH]1)C(=O)C1CCCNC1.Cl. The molecular weight excluding hydrogens is 379 g/mol. The predicted octanol–water partition coefficient (Wildman–Crippen LogP) is 3.81. The Morgan fingerprint density at radius 3 is 2.89 bits per heavy atom. The van der Waals surface area contributed by atoms with E-state index in [4.69, 9.17) is 0 Å². The van der Waals surface area contributed by atoms with Gasteiger partial charge in [-0.3, -0.25) is 9.89 Å². The van der Waals surface area contributed by atoms with E-state index in [9.17, 15) is 9.18 Å². The van der Waals surface area contributed by atoms with Crippen LogP contribution in [0.2, 0.25) is 0 Å². The molecule has 1 saturated heterocycles. The number of aromatic amines is 1. The summed E-state index contributed by atoms with van der Waals surface area (Å²) < 4.78 is 13.3. The molecule has 2 heterocycles. The lowest BCUT2D eigenvalue weighted by Gasteiger charge is -2.27. The van der Waals surface area contributed by atoms with Gasteiger partial charge in [-0.1, -0.05) is 18.6 Å². The average Bonchev–Trinajstić information content (AvgIpc) is 3.16. The second kappa shape index (κ2) is 11.2. The first kappa shape index (κ1) is 22.4. The van der Waals surface area contributed by atoms with Crippen molar-refractivity contribution in [3.63, 3.8) is 0 Å². The Bertz CT molecular complexity index is 746. The van der Waals surface area contributed by atoms with Crippen LogP contribution in [0.3, 0.4) is 0 Å². The van der Waals surface area contributed by atoms with Gasteiger partial charge in [-0.25, -0.2) is 4.39 Å². The first-order chi connectivity index (χ1) is 13.1. The summed E-state index contributed by atoms with van der Waals surface area (Å²) in [6.45, 7) is 2.66. The zero-order valence-corrected chi connectivity index (χ0v) is 17.2. The average molecular weight is 409 g/mol. The largest absolute Gasteiger partial charge is 0.345 e. The number of rotatable bonds is 8. The number of aryl methyl sites for hydroxylation is 1. The van der Waals surface area contributed by atoms with Crippen molar-refractivity contribution < 1.29 is 9.18 Å². The lowest BCUT2D eigenvalue weighted by Crippen LogP contribution is -2.41. The van der Waals surface area contributed by atoms with Crippen LogP contribution in [0.1, 0.15) is 37.8 Å². The fourth-order valence-electron chi connectivity index (χ4n) is 3.61. The van der Waals surface area contributed by atoms with Crippen molar-refractivity contribution in [2.75, 3.05) is 26.7 Å². The van der Waals surface area contributed by atoms with E-state index in [1.807, 2.05) is 24.1 Å². The van der Waals surface area contributed by atoms with Crippen LogP contribution in [-0.2, 0) is 11.2 Å². The Hall–Kier alpha value is -1.92. The van der Waals surface area contributed by atoms with Gasteiger partial charge < -0.3 is 10.2 Å². The molecule has 1 unspecified atom stereocenters. The third-order valence-corrected chi connectivity index (χ3v) is 5.21. The van der Waals surface area contributed by atoms with Crippen molar-refractivity contribution in [2.24, 2.45) is 5.92 Å². The Labute approximate surface area is 172 Å². The van der Waals surface area contributed by atoms with Gasteiger partial charge in [-0.2, -0.15) is 5.10 Å². The number of halogens is 2. The third-order valence-electron chi connectivity index (χ3n) is 5.21. The Kier molecular flexibility index (Phi) is 8.93. The maximum Gasteiger partial charge on any atom is 0.226 e. The molecule has 2 aromatic rings. The summed E-state index contributed by atoms with van der Waals surface area (Å²) >= 11 is 0. The molecule has 0 spiro atoms. The molecule has 1 aromatic heterocycles. The lowest BCUT2D eigenvalue weighted by atomic mass is 9.98. The minimum atomic E-state index is -0.250. The van der Waals surface area contributed by atoms with Crippen LogP contribution in [0, 0.1) is 11.7 Å². The minimum Gasteiger partial charge on any atom is -0.345 e. The predicted molar refractivity (Wildman–Crippen MR) is 112 cm³/mol. The van der Waals surface area contributed by atoms with Crippen molar-refractivity contribution in [1.29, 1.82) is 0 Å². The first-order valence-electron chi connectivity index (χ1n) is 9.89. The van der Waals surface area contributed by atoms with Gasteiger partial charge in [-0.05, 0) is 56.8 Å². The minimum absolute atomic E-state index is 0. The molecule has 154 valence electrons. The van der Waals surface area contributed by atoms with Crippen LogP contribution < -0.4 is 5.32 Å². The van der Waals surface area contributed by atoms with E-state index in [1.54, 1.807) is 6.07 Å². The molecule has 2 N–H and O–H groups in total. The highest BCUT2D eigenvalue weighted by Gasteiger charge is 2.23. The van der Waals surface area contributed by atoms with Crippen molar-refractivity contribution >= 4 is 18.3 Å². The van der Waals surface area contributed by atoms with E-state index in [0.717, 1.165) is 75.1 Å². The highest BCUT2D eigenvalue weighted by Crippen LogP contribution is 2.19. The molecular formula is C21H30ClFN4O. The number of benzene rings is 1. The zero-order chi connectivity index (χ0) is 19.1. The topological polar surface area (TPSA) is 61.0 Å². The number of piperidine rings is 1. The molecule has 3 rings (SSSR count). The Morgan fingerprint density at radius 1 is 1.29 bits per heavy atom. The fourth-order valence-corrected chi connectivity index (χ4v) is 3.61. The van der Waals surface area contributed by atoms with Gasteiger partial charge in [0.05, 0.1) is 11.6 Å². The number of H-pyrrole nitrogens is 1. The summed E-state index contributed by atoms with van der Waals surface area (Å²) in [4.78, 5) is 14.3. The second-order valence-electron chi connectivity index (χ2n) is 7.40. The van der Waals surface area contributed by atoms with Crippen LogP contribution in [0.15, 0.2) is 30.3 Å². The maximum atomic E-state index is 13.3. The number of unbranched alkanes of at least 4 members (excludes halogenated alkanes) is 2. The quantitative estimate of drug-likeness (QED) is 0.653. The molecule has 1 aliphatic rings. The van der Waals surface area contributed by atoms with Crippen LogP contribution >= 0.6 is 12.4 Å². The van der Waals surface area contributed by atoms with Crippen LogP contribution in [-0.4, -0.2) is 47.7 Å². The molecule has 0 saturated carbocycles. The summed E-state index contributed by atoms with van der Waals surface area (Å²) in [5.74, 6) is 0.171. The summed E-state index contributed by atoms with van der Waals surface area (Å²) in [6.07, 6.45) is 6.11. The number of amides is 1. The number of carbonyl (C=O) groups excluding carboxylic acids is 1. The maximum absolute atomic E-state index is 13.3.